The van der Waals surface area contributed by atoms with E-state index in [0.717, 1.165) is 6.07 Å². The number of phosphoric ester groups is 1. The van der Waals surface area contributed by atoms with Gasteiger partial charge in [-0.05, 0) is 77.4 Å². The summed E-state index contributed by atoms with van der Waals surface area (Å²) in [6.07, 6.45) is 1.40. The number of urea groups is 1. The lowest BCUT2D eigenvalue weighted by atomic mass is 9.92. The van der Waals surface area contributed by atoms with Crippen LogP contribution < -0.4 is 20.7 Å². The molecular weight excluding hydrogens is 678 g/mol. The second-order valence-electron chi connectivity index (χ2n) is 14.7. The Morgan fingerprint density at radius 1 is 0.863 bits per heavy atom. The van der Waals surface area contributed by atoms with Crippen LogP contribution in [0.2, 0.25) is 0 Å². The van der Waals surface area contributed by atoms with E-state index in [9.17, 15) is 14.2 Å². The van der Waals surface area contributed by atoms with E-state index in [0.29, 0.717) is 22.8 Å². The maximum absolute atomic E-state index is 15.1. The van der Waals surface area contributed by atoms with Gasteiger partial charge in [0, 0.05) is 36.9 Å². The molecule has 51 heavy (non-hydrogen) atoms. The van der Waals surface area contributed by atoms with Gasteiger partial charge in [0.2, 0.25) is 0 Å². The van der Waals surface area contributed by atoms with Crippen LogP contribution >= 0.6 is 7.82 Å². The predicted octanol–water partition coefficient (Wildman–Crippen LogP) is 8.75. The first-order chi connectivity index (χ1) is 23.6. The Labute approximate surface area is 297 Å². The Bertz CT molecular complexity index is 1910. The van der Waals surface area contributed by atoms with Crippen LogP contribution in [0.3, 0.4) is 0 Å². The largest absolute Gasteiger partial charge is 0.476 e. The van der Waals surface area contributed by atoms with E-state index in [2.05, 4.69) is 20.9 Å². The van der Waals surface area contributed by atoms with E-state index in [-0.39, 0.29) is 34.9 Å². The number of nitrogens with one attached hydrogen (secondary N) is 3. The lowest BCUT2D eigenvalue weighted by Crippen LogP contribution is -2.24. The first kappa shape index (κ1) is 39.2. The van der Waals surface area contributed by atoms with E-state index in [1.165, 1.54) is 37.5 Å². The molecule has 4 aromatic rings. The third kappa shape index (κ3) is 11.4. The maximum atomic E-state index is 15.1. The molecule has 3 N–H and O–H groups in total. The van der Waals surface area contributed by atoms with Crippen molar-refractivity contribution in [2.45, 2.75) is 85.5 Å². The number of carbonyl (C=O) groups is 2. The Kier molecular flexibility index (Phi) is 11.8. The molecule has 0 aliphatic carbocycles. The summed E-state index contributed by atoms with van der Waals surface area (Å²) in [5.74, 6) is -0.392. The van der Waals surface area contributed by atoms with Gasteiger partial charge in [-0.2, -0.15) is 5.10 Å². The maximum Gasteiger partial charge on any atom is 0.476 e. The van der Waals surface area contributed by atoms with E-state index >= 15 is 4.39 Å². The van der Waals surface area contributed by atoms with Crippen LogP contribution in [0.5, 0.6) is 11.5 Å². The molecule has 2 heterocycles. The highest BCUT2D eigenvalue weighted by Crippen LogP contribution is 2.56. The number of aromatic nitrogens is 3. The zero-order valence-corrected chi connectivity index (χ0v) is 31.5. The second-order valence-corrected chi connectivity index (χ2v) is 16.2. The minimum absolute atomic E-state index is 0.0939. The van der Waals surface area contributed by atoms with E-state index < -0.39 is 36.8 Å². The number of benzene rings is 2. The minimum Gasteiger partial charge on any atom is -0.457 e. The van der Waals surface area contributed by atoms with Crippen molar-refractivity contribution in [1.29, 1.82) is 0 Å². The van der Waals surface area contributed by atoms with Crippen molar-refractivity contribution in [3.05, 3.63) is 89.6 Å². The Hall–Kier alpha value is -4.62. The molecular formula is C36H46FN6O7P. The Balaban J connectivity index is 1.53. The standard InChI is InChI=1S/C36H46FN6O7P/c1-34(2,3)30-21-31(41-33(45)40-28-15-14-25(19-27(28)37)48-26-16-17-39-29(20-26)32(44)38-10)43(42-30)24-13-11-12-23(18-24)22-47-51(46,49-35(4,5)6)50-36(7,8)9/h11-21H,22H2,1-10H3,(H,38,44)(H2,40,41,45). The van der Waals surface area contributed by atoms with Gasteiger partial charge in [0.1, 0.15) is 28.8 Å². The molecule has 0 aliphatic heterocycles. The molecule has 4 rings (SSSR count). The van der Waals surface area contributed by atoms with Crippen molar-refractivity contribution >= 4 is 31.3 Å². The monoisotopic (exact) mass is 724 g/mol. The van der Waals surface area contributed by atoms with Gasteiger partial charge in [0.25, 0.3) is 5.91 Å². The van der Waals surface area contributed by atoms with E-state index in [1.54, 1.807) is 76.6 Å². The predicted molar refractivity (Wildman–Crippen MR) is 193 cm³/mol. The highest BCUT2D eigenvalue weighted by atomic mass is 31.2. The zero-order valence-electron chi connectivity index (χ0n) is 30.6. The van der Waals surface area contributed by atoms with Crippen molar-refractivity contribution in [3.8, 4) is 17.2 Å². The van der Waals surface area contributed by atoms with Gasteiger partial charge in [-0.15, -0.1) is 0 Å². The molecule has 2 aromatic heterocycles. The summed E-state index contributed by atoms with van der Waals surface area (Å²) in [4.78, 5) is 29.1. The number of phosphoric acid groups is 1. The summed E-state index contributed by atoms with van der Waals surface area (Å²) < 4.78 is 53.2. The van der Waals surface area contributed by atoms with Crippen LogP contribution in [0.15, 0.2) is 66.9 Å². The van der Waals surface area contributed by atoms with Crippen LogP contribution in [-0.4, -0.2) is 45.0 Å². The third-order valence-electron chi connectivity index (χ3n) is 6.65. The molecule has 0 radical (unpaired) electrons. The number of rotatable bonds is 11. The van der Waals surface area contributed by atoms with Crippen LogP contribution in [0.25, 0.3) is 5.69 Å². The summed E-state index contributed by atoms with van der Waals surface area (Å²) >= 11 is 0. The number of halogens is 1. The van der Waals surface area contributed by atoms with Crippen LogP contribution in [0.1, 0.15) is 84.1 Å². The quantitative estimate of drug-likeness (QED) is 0.129. The van der Waals surface area contributed by atoms with Crippen molar-refractivity contribution in [1.82, 2.24) is 20.1 Å². The van der Waals surface area contributed by atoms with Gasteiger partial charge in [-0.1, -0.05) is 32.9 Å². The zero-order chi connectivity index (χ0) is 37.8. The van der Waals surface area contributed by atoms with Crippen molar-refractivity contribution in [3.63, 3.8) is 0 Å². The van der Waals surface area contributed by atoms with Crippen LogP contribution in [0, 0.1) is 5.82 Å². The number of nitrogens with zero attached hydrogens (tertiary/aromatic N) is 3. The van der Waals surface area contributed by atoms with E-state index in [1.807, 2.05) is 20.8 Å². The average Bonchev–Trinajstić information content (AvgIpc) is 3.44. The summed E-state index contributed by atoms with van der Waals surface area (Å²) in [6, 6.07) is 15.1. The topological polar surface area (TPSA) is 155 Å². The molecule has 13 nitrogen and oxygen atoms in total. The van der Waals surface area contributed by atoms with Crippen molar-refractivity contribution in [2.24, 2.45) is 0 Å². The highest BCUT2D eigenvalue weighted by molar-refractivity contribution is 7.48. The number of hydrogen-bond acceptors (Lipinski definition) is 9. The SMILES string of the molecule is CNC(=O)c1cc(Oc2ccc(NC(=O)Nc3cc(C(C)(C)C)nn3-c3cccc(COP(=O)(OC(C)(C)C)OC(C)(C)C)c3)c(F)c2)ccn1. The fraction of sp³-hybridized carbons (Fsp3) is 0.389. The summed E-state index contributed by atoms with van der Waals surface area (Å²) in [5.41, 5.74) is -0.00817. The average molecular weight is 725 g/mol. The molecule has 0 saturated carbocycles. The number of ether oxygens (including phenoxy) is 1. The third-order valence-corrected chi connectivity index (χ3v) is 8.64. The van der Waals surface area contributed by atoms with Gasteiger partial charge in [-0.3, -0.25) is 28.7 Å². The summed E-state index contributed by atoms with van der Waals surface area (Å²) in [7, 11) is -2.49. The highest BCUT2D eigenvalue weighted by Gasteiger charge is 2.37. The number of amides is 3. The van der Waals surface area contributed by atoms with Gasteiger partial charge in [-0.25, -0.2) is 18.4 Å². The Morgan fingerprint density at radius 2 is 1.53 bits per heavy atom. The van der Waals surface area contributed by atoms with Crippen LogP contribution in [-0.2, 0) is 30.2 Å². The fourth-order valence-electron chi connectivity index (χ4n) is 4.50. The molecule has 3 amide bonds. The molecule has 0 spiro atoms. The molecule has 0 atom stereocenters. The van der Waals surface area contributed by atoms with Gasteiger partial charge in [0.05, 0.1) is 34.9 Å². The molecule has 274 valence electrons. The van der Waals surface area contributed by atoms with Crippen molar-refractivity contribution in [2.75, 3.05) is 17.7 Å². The number of anilines is 2. The molecule has 0 bridgehead atoms. The first-order valence-corrected chi connectivity index (χ1v) is 17.7. The summed E-state index contributed by atoms with van der Waals surface area (Å²) in [5, 5.41) is 12.5. The molecule has 0 aliphatic rings. The van der Waals surface area contributed by atoms with Gasteiger partial charge in [0.15, 0.2) is 0 Å². The molecule has 0 fully saturated rings. The second kappa shape index (κ2) is 15.3. The van der Waals surface area contributed by atoms with Crippen molar-refractivity contribution < 1.29 is 36.9 Å². The lowest BCUT2D eigenvalue weighted by molar-refractivity contribution is 0.000820. The number of hydrogen-bond donors (Lipinski definition) is 3. The first-order valence-electron chi connectivity index (χ1n) is 16.2. The van der Waals surface area contributed by atoms with Gasteiger partial charge < -0.3 is 15.4 Å². The van der Waals surface area contributed by atoms with E-state index in [4.69, 9.17) is 23.4 Å². The molecule has 2 aromatic carbocycles. The Morgan fingerprint density at radius 3 is 2.14 bits per heavy atom. The minimum atomic E-state index is -3.97. The summed E-state index contributed by atoms with van der Waals surface area (Å²) in [6.45, 7) is 16.4. The molecule has 0 saturated heterocycles. The lowest BCUT2D eigenvalue weighted by Gasteiger charge is -2.30. The number of pyridine rings is 1. The molecule has 15 heteroatoms. The fourth-order valence-corrected chi connectivity index (χ4v) is 6.29. The van der Waals surface area contributed by atoms with Crippen LogP contribution in [0.4, 0.5) is 20.7 Å². The normalized spacial score (nSPS) is 12.4. The molecule has 0 unspecified atom stereocenters. The number of carbonyl (C=O) groups excluding carboxylic acids is 2. The van der Waals surface area contributed by atoms with Gasteiger partial charge >= 0.3 is 13.9 Å². The smallest absolute Gasteiger partial charge is 0.457 e.